The molecule has 1 saturated heterocycles. The second-order valence-corrected chi connectivity index (χ2v) is 7.40. The van der Waals surface area contributed by atoms with Crippen LogP contribution in [0.3, 0.4) is 0 Å². The summed E-state index contributed by atoms with van der Waals surface area (Å²) in [5.74, 6) is -0.545. The number of rotatable bonds is 4. The monoisotopic (exact) mass is 327 g/mol. The van der Waals surface area contributed by atoms with Gasteiger partial charge in [-0.15, -0.1) is 0 Å². The average Bonchev–Trinajstić information content (AvgIpc) is 2.70. The van der Waals surface area contributed by atoms with Crippen molar-refractivity contribution < 1.29 is 13.2 Å². The molecular weight excluding hydrogens is 306 g/mol. The van der Waals surface area contributed by atoms with E-state index >= 15 is 0 Å². The van der Waals surface area contributed by atoms with Gasteiger partial charge in [-0.2, -0.15) is 0 Å². The van der Waals surface area contributed by atoms with Crippen molar-refractivity contribution in [3.05, 3.63) is 24.3 Å². The Hall–Kier alpha value is -1.58. The minimum Gasteiger partial charge on any atom is -0.359 e. The van der Waals surface area contributed by atoms with Crippen LogP contribution in [0.15, 0.2) is 18.7 Å². The molecule has 0 aliphatic carbocycles. The predicted molar refractivity (Wildman–Crippen MR) is 81.3 cm³/mol. The minimum atomic E-state index is -3.32. The van der Waals surface area contributed by atoms with E-state index in [0.29, 0.717) is 26.2 Å². The number of aromatic nitrogens is 2. The summed E-state index contributed by atoms with van der Waals surface area (Å²) in [4.78, 5) is 22.0. The highest BCUT2D eigenvalue weighted by atomic mass is 32.2. The lowest BCUT2D eigenvalue weighted by atomic mass is 10.1. The molecule has 1 aromatic heterocycles. The maximum absolute atomic E-state index is 12.0. The van der Waals surface area contributed by atoms with Gasteiger partial charge in [0, 0.05) is 57.7 Å². The van der Waals surface area contributed by atoms with Crippen LogP contribution in [0.25, 0.3) is 0 Å². The standard InChI is InChI=1S/C13H21N5O3S/c1-14-13(19)12-8-17(7-11-5-15-10-16-6-11)3-4-18(9-12)22(2,20)21/h5-6,10,12H,3-4,7-9H2,1-2H3,(H,14,19)/t12-/m0/s1. The van der Waals surface area contributed by atoms with E-state index in [2.05, 4.69) is 20.2 Å². The molecule has 1 aliphatic rings. The number of hydrogen-bond donors (Lipinski definition) is 1. The van der Waals surface area contributed by atoms with Gasteiger partial charge < -0.3 is 5.32 Å². The number of carbonyl (C=O) groups is 1. The van der Waals surface area contributed by atoms with E-state index in [1.165, 1.54) is 16.9 Å². The zero-order chi connectivity index (χ0) is 16.2. The van der Waals surface area contributed by atoms with Crippen molar-refractivity contribution in [1.82, 2.24) is 24.5 Å². The van der Waals surface area contributed by atoms with Crippen molar-refractivity contribution in [2.24, 2.45) is 5.92 Å². The van der Waals surface area contributed by atoms with Crippen molar-refractivity contribution in [3.63, 3.8) is 0 Å². The van der Waals surface area contributed by atoms with Gasteiger partial charge in [0.2, 0.25) is 15.9 Å². The molecular formula is C13H21N5O3S. The third kappa shape index (κ3) is 4.46. The summed E-state index contributed by atoms with van der Waals surface area (Å²) < 4.78 is 25.0. The smallest absolute Gasteiger partial charge is 0.225 e. The van der Waals surface area contributed by atoms with Gasteiger partial charge >= 0.3 is 0 Å². The van der Waals surface area contributed by atoms with Crippen molar-refractivity contribution in [3.8, 4) is 0 Å². The number of nitrogens with zero attached hydrogens (tertiary/aromatic N) is 4. The normalized spacial score (nSPS) is 21.3. The zero-order valence-corrected chi connectivity index (χ0v) is 13.6. The van der Waals surface area contributed by atoms with Crippen molar-refractivity contribution >= 4 is 15.9 Å². The van der Waals surface area contributed by atoms with Gasteiger partial charge in [0.05, 0.1) is 12.2 Å². The molecule has 9 heteroatoms. The van der Waals surface area contributed by atoms with Crippen LogP contribution in [0, 0.1) is 5.92 Å². The van der Waals surface area contributed by atoms with E-state index in [1.54, 1.807) is 19.4 Å². The maximum Gasteiger partial charge on any atom is 0.225 e. The summed E-state index contributed by atoms with van der Waals surface area (Å²) in [6.45, 7) is 2.24. The lowest BCUT2D eigenvalue weighted by molar-refractivity contribution is -0.125. The van der Waals surface area contributed by atoms with E-state index in [-0.39, 0.29) is 12.5 Å². The Bertz CT molecular complexity index is 607. The largest absolute Gasteiger partial charge is 0.359 e. The Kier molecular flexibility index (Phi) is 5.43. The SMILES string of the molecule is CNC(=O)[C@H]1CN(Cc2cncnc2)CCN(S(C)(=O)=O)C1. The highest BCUT2D eigenvalue weighted by Crippen LogP contribution is 2.15. The molecule has 1 fully saturated rings. The van der Waals surface area contributed by atoms with Crippen LogP contribution < -0.4 is 5.32 Å². The molecule has 1 aromatic rings. The topological polar surface area (TPSA) is 95.5 Å². The molecule has 1 aliphatic heterocycles. The van der Waals surface area contributed by atoms with Crippen LogP contribution in [-0.4, -0.2) is 73.0 Å². The summed E-state index contributed by atoms with van der Waals surface area (Å²) in [5, 5.41) is 2.61. The van der Waals surface area contributed by atoms with E-state index in [1.807, 2.05) is 0 Å². The molecule has 8 nitrogen and oxygen atoms in total. The fourth-order valence-corrected chi connectivity index (χ4v) is 3.40. The van der Waals surface area contributed by atoms with Crippen LogP contribution in [0.2, 0.25) is 0 Å². The second-order valence-electron chi connectivity index (χ2n) is 5.41. The van der Waals surface area contributed by atoms with Crippen LogP contribution in [0.4, 0.5) is 0 Å². The zero-order valence-electron chi connectivity index (χ0n) is 12.8. The molecule has 122 valence electrons. The van der Waals surface area contributed by atoms with Crippen molar-refractivity contribution in [2.45, 2.75) is 6.54 Å². The first-order valence-corrected chi connectivity index (χ1v) is 8.88. The molecule has 1 N–H and O–H groups in total. The highest BCUT2D eigenvalue weighted by Gasteiger charge is 2.31. The number of sulfonamides is 1. The van der Waals surface area contributed by atoms with Gasteiger partial charge in [0.15, 0.2) is 0 Å². The second kappa shape index (κ2) is 7.12. The lowest BCUT2D eigenvalue weighted by Gasteiger charge is -2.22. The molecule has 2 rings (SSSR count). The molecule has 0 unspecified atom stereocenters. The molecule has 0 bridgehead atoms. The fourth-order valence-electron chi connectivity index (χ4n) is 2.54. The summed E-state index contributed by atoms with van der Waals surface area (Å²) in [6.07, 6.45) is 6.08. The first kappa shape index (κ1) is 16.8. The van der Waals surface area contributed by atoms with E-state index < -0.39 is 15.9 Å². The summed E-state index contributed by atoms with van der Waals surface area (Å²) in [7, 11) is -1.76. The molecule has 22 heavy (non-hydrogen) atoms. The third-order valence-electron chi connectivity index (χ3n) is 3.67. The number of amides is 1. The highest BCUT2D eigenvalue weighted by molar-refractivity contribution is 7.88. The predicted octanol–water partition coefficient (Wildman–Crippen LogP) is -1.08. The first-order valence-electron chi connectivity index (χ1n) is 7.03. The fraction of sp³-hybridized carbons (Fsp3) is 0.615. The average molecular weight is 327 g/mol. The maximum atomic E-state index is 12.0. The summed E-state index contributed by atoms with van der Waals surface area (Å²) >= 11 is 0. The Labute approximate surface area is 130 Å². The van der Waals surface area contributed by atoms with E-state index in [4.69, 9.17) is 0 Å². The van der Waals surface area contributed by atoms with Crippen LogP contribution in [-0.2, 0) is 21.4 Å². The lowest BCUT2D eigenvalue weighted by Crippen LogP contribution is -2.41. The Morgan fingerprint density at radius 2 is 2.00 bits per heavy atom. The minimum absolute atomic E-state index is 0.148. The molecule has 1 amide bonds. The number of carbonyl (C=O) groups excluding carboxylic acids is 1. The van der Waals surface area contributed by atoms with Crippen LogP contribution in [0.1, 0.15) is 5.56 Å². The van der Waals surface area contributed by atoms with Crippen molar-refractivity contribution in [1.29, 1.82) is 0 Å². The summed E-state index contributed by atoms with van der Waals surface area (Å²) in [6, 6.07) is 0. The Balaban J connectivity index is 2.14. The molecule has 0 saturated carbocycles. The first-order chi connectivity index (χ1) is 10.4. The van der Waals surface area contributed by atoms with Gasteiger partial charge in [0.25, 0.3) is 0 Å². The van der Waals surface area contributed by atoms with Gasteiger partial charge in [-0.3, -0.25) is 9.69 Å². The van der Waals surface area contributed by atoms with Crippen LogP contribution in [0.5, 0.6) is 0 Å². The molecule has 0 aromatic carbocycles. The molecule has 1 atom stereocenters. The molecule has 0 radical (unpaired) electrons. The summed E-state index contributed by atoms with van der Waals surface area (Å²) in [5.41, 5.74) is 0.936. The van der Waals surface area contributed by atoms with E-state index in [9.17, 15) is 13.2 Å². The number of hydrogen-bond acceptors (Lipinski definition) is 6. The number of nitrogens with one attached hydrogen (secondary N) is 1. The van der Waals surface area contributed by atoms with Gasteiger partial charge in [-0.05, 0) is 0 Å². The quantitative estimate of drug-likeness (QED) is 0.755. The van der Waals surface area contributed by atoms with Gasteiger partial charge in [0.1, 0.15) is 6.33 Å². The van der Waals surface area contributed by atoms with Gasteiger partial charge in [-0.25, -0.2) is 22.7 Å². The Morgan fingerprint density at radius 3 is 2.59 bits per heavy atom. The Morgan fingerprint density at radius 1 is 1.32 bits per heavy atom. The van der Waals surface area contributed by atoms with Gasteiger partial charge in [-0.1, -0.05) is 0 Å². The molecule has 2 heterocycles. The van der Waals surface area contributed by atoms with Crippen molar-refractivity contribution in [2.75, 3.05) is 39.5 Å². The van der Waals surface area contributed by atoms with E-state index in [0.717, 1.165) is 5.56 Å². The van der Waals surface area contributed by atoms with Crippen LogP contribution >= 0.6 is 0 Å². The third-order valence-corrected chi connectivity index (χ3v) is 4.94. The molecule has 0 spiro atoms.